The molecule has 0 bridgehead atoms. The van der Waals surface area contributed by atoms with E-state index in [0.717, 1.165) is 11.1 Å². The van der Waals surface area contributed by atoms with Gasteiger partial charge in [0.15, 0.2) is 5.78 Å². The number of rotatable bonds is 4. The molecule has 0 saturated carbocycles. The van der Waals surface area contributed by atoms with Crippen LogP contribution in [0.5, 0.6) is 11.5 Å². The van der Waals surface area contributed by atoms with E-state index in [2.05, 4.69) is 0 Å². The SMILES string of the molecule is Cc1cc2c(c(C)c1Cl)C(=O)CC1(CCN(C(=O)CCOc3ccccc3Cl)CC1)O2. The van der Waals surface area contributed by atoms with Gasteiger partial charge in [0.05, 0.1) is 30.0 Å². The Morgan fingerprint density at radius 1 is 1.19 bits per heavy atom. The van der Waals surface area contributed by atoms with Crippen LogP contribution in [0.1, 0.15) is 47.2 Å². The van der Waals surface area contributed by atoms with E-state index in [-0.39, 0.29) is 24.7 Å². The first-order chi connectivity index (χ1) is 14.8. The van der Waals surface area contributed by atoms with E-state index in [1.54, 1.807) is 12.1 Å². The summed E-state index contributed by atoms with van der Waals surface area (Å²) in [7, 11) is 0. The maximum atomic E-state index is 12.9. The number of nitrogens with zero attached hydrogens (tertiary/aromatic N) is 1. The lowest BCUT2D eigenvalue weighted by atomic mass is 9.81. The molecule has 2 heterocycles. The van der Waals surface area contributed by atoms with Gasteiger partial charge in [-0.2, -0.15) is 0 Å². The van der Waals surface area contributed by atoms with Gasteiger partial charge in [0, 0.05) is 31.0 Å². The molecule has 2 aromatic carbocycles. The molecule has 0 unspecified atom stereocenters. The number of halogens is 2. The number of Topliss-reactive ketones (excluding diaryl/α,β-unsaturated/α-hetero) is 1. The average molecular weight is 462 g/mol. The fourth-order valence-corrected chi connectivity index (χ4v) is 4.75. The number of ether oxygens (including phenoxy) is 2. The molecule has 5 nitrogen and oxygen atoms in total. The number of hydrogen-bond donors (Lipinski definition) is 0. The molecular weight excluding hydrogens is 437 g/mol. The van der Waals surface area contributed by atoms with Crippen molar-refractivity contribution in [2.24, 2.45) is 0 Å². The maximum absolute atomic E-state index is 12.9. The Balaban J connectivity index is 1.36. The predicted molar refractivity (Wildman–Crippen MR) is 121 cm³/mol. The second-order valence-electron chi connectivity index (χ2n) is 8.30. The maximum Gasteiger partial charge on any atom is 0.226 e. The number of para-hydroxylation sites is 1. The molecule has 1 spiro atoms. The molecule has 7 heteroatoms. The molecule has 31 heavy (non-hydrogen) atoms. The Morgan fingerprint density at radius 2 is 1.90 bits per heavy atom. The highest BCUT2D eigenvalue weighted by Crippen LogP contribution is 2.43. The Hall–Kier alpha value is -2.24. The molecule has 2 aromatic rings. The van der Waals surface area contributed by atoms with Crippen molar-refractivity contribution in [2.45, 2.75) is 45.1 Å². The van der Waals surface area contributed by atoms with Crippen LogP contribution >= 0.6 is 23.2 Å². The number of carbonyl (C=O) groups excluding carboxylic acids is 2. The smallest absolute Gasteiger partial charge is 0.226 e. The highest BCUT2D eigenvalue weighted by molar-refractivity contribution is 6.33. The van der Waals surface area contributed by atoms with Crippen molar-refractivity contribution >= 4 is 34.9 Å². The number of hydrogen-bond acceptors (Lipinski definition) is 4. The first kappa shape index (κ1) is 22.0. The van der Waals surface area contributed by atoms with Crippen LogP contribution in [0.15, 0.2) is 30.3 Å². The molecule has 0 aromatic heterocycles. The van der Waals surface area contributed by atoms with Crippen LogP contribution in [0.2, 0.25) is 10.0 Å². The third kappa shape index (κ3) is 4.39. The van der Waals surface area contributed by atoms with E-state index >= 15 is 0 Å². The van der Waals surface area contributed by atoms with Crippen LogP contribution in [0.4, 0.5) is 0 Å². The molecule has 0 aliphatic carbocycles. The van der Waals surface area contributed by atoms with E-state index in [4.69, 9.17) is 32.7 Å². The van der Waals surface area contributed by atoms with E-state index in [0.29, 0.717) is 59.5 Å². The van der Waals surface area contributed by atoms with Crippen LogP contribution in [0.25, 0.3) is 0 Å². The van der Waals surface area contributed by atoms with E-state index < -0.39 is 5.60 Å². The van der Waals surface area contributed by atoms with Gasteiger partial charge in [-0.05, 0) is 43.2 Å². The van der Waals surface area contributed by atoms with Crippen LogP contribution in [0, 0.1) is 13.8 Å². The number of benzene rings is 2. The van der Waals surface area contributed by atoms with Crippen LogP contribution in [-0.2, 0) is 4.79 Å². The number of amides is 1. The summed E-state index contributed by atoms with van der Waals surface area (Å²) in [5.41, 5.74) is 1.72. The third-order valence-corrected chi connectivity index (χ3v) is 7.06. The summed E-state index contributed by atoms with van der Waals surface area (Å²) in [6, 6.07) is 9.06. The zero-order valence-corrected chi connectivity index (χ0v) is 19.2. The van der Waals surface area contributed by atoms with Gasteiger partial charge in [-0.1, -0.05) is 35.3 Å². The van der Waals surface area contributed by atoms with Gasteiger partial charge in [-0.15, -0.1) is 0 Å². The molecule has 1 fully saturated rings. The third-order valence-electron chi connectivity index (χ3n) is 6.17. The highest BCUT2D eigenvalue weighted by Gasteiger charge is 2.44. The summed E-state index contributed by atoms with van der Waals surface area (Å²) in [6.07, 6.45) is 1.83. The summed E-state index contributed by atoms with van der Waals surface area (Å²) >= 11 is 12.4. The molecule has 2 aliphatic rings. The van der Waals surface area contributed by atoms with Gasteiger partial charge < -0.3 is 14.4 Å². The monoisotopic (exact) mass is 461 g/mol. The number of fused-ring (bicyclic) bond motifs is 1. The normalized spacial score (nSPS) is 17.3. The summed E-state index contributed by atoms with van der Waals surface area (Å²) in [5.74, 6) is 1.29. The first-order valence-corrected chi connectivity index (χ1v) is 11.2. The molecule has 0 N–H and O–H groups in total. The van der Waals surface area contributed by atoms with Crippen molar-refractivity contribution < 1.29 is 19.1 Å². The van der Waals surface area contributed by atoms with E-state index in [9.17, 15) is 9.59 Å². The van der Waals surface area contributed by atoms with Gasteiger partial charge in [0.25, 0.3) is 0 Å². The minimum atomic E-state index is -0.554. The van der Waals surface area contributed by atoms with Crippen molar-refractivity contribution in [1.29, 1.82) is 0 Å². The lowest BCUT2D eigenvalue weighted by molar-refractivity contribution is -0.135. The average Bonchev–Trinajstić information content (AvgIpc) is 2.73. The Morgan fingerprint density at radius 3 is 2.61 bits per heavy atom. The fraction of sp³-hybridized carbons (Fsp3) is 0.417. The first-order valence-electron chi connectivity index (χ1n) is 10.5. The van der Waals surface area contributed by atoms with Crippen molar-refractivity contribution in [3.63, 3.8) is 0 Å². The topological polar surface area (TPSA) is 55.8 Å². The number of carbonyl (C=O) groups is 2. The lowest BCUT2D eigenvalue weighted by Crippen LogP contribution is -2.52. The lowest BCUT2D eigenvalue weighted by Gasteiger charge is -2.44. The molecule has 1 amide bonds. The van der Waals surface area contributed by atoms with Crippen molar-refractivity contribution in [2.75, 3.05) is 19.7 Å². The Bertz CT molecular complexity index is 1030. The fourth-order valence-electron chi connectivity index (χ4n) is 4.41. The molecule has 0 radical (unpaired) electrons. The molecule has 1 saturated heterocycles. The van der Waals surface area contributed by atoms with Crippen LogP contribution in [-0.4, -0.2) is 41.9 Å². The van der Waals surface area contributed by atoms with Crippen LogP contribution < -0.4 is 9.47 Å². The summed E-state index contributed by atoms with van der Waals surface area (Å²) < 4.78 is 12.0. The number of aryl methyl sites for hydroxylation is 1. The van der Waals surface area contributed by atoms with Crippen LogP contribution in [0.3, 0.4) is 0 Å². The molecule has 4 rings (SSSR count). The van der Waals surface area contributed by atoms with Gasteiger partial charge in [0.2, 0.25) is 5.91 Å². The van der Waals surface area contributed by atoms with Crippen molar-refractivity contribution in [1.82, 2.24) is 4.90 Å². The molecular formula is C24H25Cl2NO4. The largest absolute Gasteiger partial charge is 0.491 e. The quantitative estimate of drug-likeness (QED) is 0.610. The number of likely N-dealkylation sites (tertiary alicyclic amines) is 1. The molecule has 164 valence electrons. The minimum Gasteiger partial charge on any atom is -0.491 e. The Kier molecular flexibility index (Phi) is 6.18. The summed E-state index contributed by atoms with van der Waals surface area (Å²) in [4.78, 5) is 27.4. The Labute approximate surface area is 192 Å². The minimum absolute atomic E-state index is 0.0305. The number of piperidine rings is 1. The second kappa shape index (κ2) is 8.71. The predicted octanol–water partition coefficient (Wildman–Crippen LogP) is 5.41. The standard InChI is InChI=1S/C24H25Cl2NO4/c1-15-13-20-22(16(2)23(15)26)18(28)14-24(31-20)8-10-27(11-9-24)21(29)7-12-30-19-6-4-3-5-17(19)25/h3-6,13H,7-12,14H2,1-2H3. The molecule has 0 atom stereocenters. The zero-order chi connectivity index (χ0) is 22.2. The number of ketones is 1. The summed E-state index contributed by atoms with van der Waals surface area (Å²) in [6.45, 7) is 5.15. The highest BCUT2D eigenvalue weighted by atomic mass is 35.5. The van der Waals surface area contributed by atoms with Crippen molar-refractivity contribution in [3.8, 4) is 11.5 Å². The second-order valence-corrected chi connectivity index (χ2v) is 9.09. The molecule has 2 aliphatic heterocycles. The van der Waals surface area contributed by atoms with Gasteiger partial charge in [-0.3, -0.25) is 9.59 Å². The van der Waals surface area contributed by atoms with Gasteiger partial charge in [0.1, 0.15) is 17.1 Å². The van der Waals surface area contributed by atoms with E-state index in [1.807, 2.05) is 36.9 Å². The van der Waals surface area contributed by atoms with Crippen molar-refractivity contribution in [3.05, 3.63) is 57.1 Å². The summed E-state index contributed by atoms with van der Waals surface area (Å²) in [5, 5.41) is 1.15. The van der Waals surface area contributed by atoms with Gasteiger partial charge in [-0.25, -0.2) is 0 Å². The van der Waals surface area contributed by atoms with Gasteiger partial charge >= 0.3 is 0 Å². The zero-order valence-electron chi connectivity index (χ0n) is 17.7. The van der Waals surface area contributed by atoms with E-state index in [1.165, 1.54) is 0 Å².